The van der Waals surface area contributed by atoms with Crippen LogP contribution < -0.4 is 0 Å². The first-order valence-electron chi connectivity index (χ1n) is 8.05. The molecular formula is C18H19N3O2S. The zero-order valence-electron chi connectivity index (χ0n) is 13.7. The lowest BCUT2D eigenvalue weighted by atomic mass is 10.2. The summed E-state index contributed by atoms with van der Waals surface area (Å²) in [5.74, 6) is 1.30. The zero-order chi connectivity index (χ0) is 16.7. The number of hydrogen-bond donors (Lipinski definition) is 0. The van der Waals surface area contributed by atoms with Gasteiger partial charge in [0, 0.05) is 13.6 Å². The molecule has 1 amide bonds. The Morgan fingerprint density at radius 2 is 2.12 bits per heavy atom. The van der Waals surface area contributed by atoms with E-state index < -0.39 is 0 Å². The smallest absolute Gasteiger partial charge is 0.290 e. The Morgan fingerprint density at radius 3 is 2.88 bits per heavy atom. The van der Waals surface area contributed by atoms with Gasteiger partial charge in [-0.05, 0) is 43.4 Å². The number of thioether (sulfide) groups is 1. The van der Waals surface area contributed by atoms with Gasteiger partial charge in [-0.3, -0.25) is 4.79 Å². The van der Waals surface area contributed by atoms with Crippen LogP contribution in [0.4, 0.5) is 0 Å². The van der Waals surface area contributed by atoms with E-state index >= 15 is 0 Å². The molecule has 0 radical (unpaired) electrons. The number of aromatic nitrogens is 2. The molecular weight excluding hydrogens is 322 g/mol. The molecule has 2 aromatic heterocycles. The number of hydrogen-bond acceptors (Lipinski definition) is 4. The average Bonchev–Trinajstić information content (AvgIpc) is 3.33. The zero-order valence-corrected chi connectivity index (χ0v) is 14.5. The Bertz CT molecular complexity index is 899. The minimum Gasteiger partial charge on any atom is -0.445 e. The largest absolute Gasteiger partial charge is 0.445 e. The Balaban J connectivity index is 1.69. The predicted molar refractivity (Wildman–Crippen MR) is 94.2 cm³/mol. The van der Waals surface area contributed by atoms with Gasteiger partial charge in [0.15, 0.2) is 10.9 Å². The second-order valence-corrected chi connectivity index (χ2v) is 6.81. The average molecular weight is 341 g/mol. The van der Waals surface area contributed by atoms with E-state index in [0.29, 0.717) is 5.76 Å². The Labute approximate surface area is 144 Å². The van der Waals surface area contributed by atoms with Crippen LogP contribution in [0, 0.1) is 0 Å². The lowest BCUT2D eigenvalue weighted by Gasteiger charge is -2.23. The summed E-state index contributed by atoms with van der Waals surface area (Å²) in [7, 11) is 2.02. The van der Waals surface area contributed by atoms with Gasteiger partial charge in [0.05, 0.1) is 17.1 Å². The van der Waals surface area contributed by atoms with Crippen LogP contribution in [0.5, 0.6) is 0 Å². The van der Waals surface area contributed by atoms with Crippen LogP contribution in [-0.4, -0.2) is 33.2 Å². The molecule has 1 aliphatic rings. The standard InChI is InChI=1S/C18H19N3O2S/c1-20-13-7-4-3-6-12(13)19-17(20)14-8-5-11-21(14)18(22)15-9-10-16(23-15)24-2/h3-4,6-7,9-10,14H,5,8,11H2,1-2H3/t14-/m1/s1. The first-order chi connectivity index (χ1) is 11.7. The second kappa shape index (κ2) is 6.02. The SMILES string of the molecule is CSc1ccc(C(=O)N2CCC[C@@H]2c2nc3ccccc3n2C)o1. The van der Waals surface area contributed by atoms with E-state index in [2.05, 4.69) is 10.6 Å². The molecule has 0 saturated carbocycles. The van der Waals surface area contributed by atoms with Crippen LogP contribution in [0.15, 0.2) is 45.9 Å². The maximum atomic E-state index is 12.9. The summed E-state index contributed by atoms with van der Waals surface area (Å²) in [4.78, 5) is 19.5. The molecule has 1 atom stereocenters. The number of benzene rings is 1. The van der Waals surface area contributed by atoms with Gasteiger partial charge in [-0.1, -0.05) is 23.9 Å². The van der Waals surface area contributed by atoms with Gasteiger partial charge in [0.2, 0.25) is 0 Å². The number of para-hydroxylation sites is 2. The van der Waals surface area contributed by atoms with Crippen LogP contribution in [0.3, 0.4) is 0 Å². The molecule has 5 nitrogen and oxygen atoms in total. The van der Waals surface area contributed by atoms with Crippen molar-refractivity contribution in [3.05, 3.63) is 48.0 Å². The summed E-state index contributed by atoms with van der Waals surface area (Å²) in [6, 6.07) is 11.7. The molecule has 0 bridgehead atoms. The van der Waals surface area contributed by atoms with Crippen molar-refractivity contribution >= 4 is 28.7 Å². The summed E-state index contributed by atoms with van der Waals surface area (Å²) in [6.07, 6.45) is 3.85. The van der Waals surface area contributed by atoms with Crippen molar-refractivity contribution in [2.24, 2.45) is 7.05 Å². The third-order valence-electron chi connectivity index (χ3n) is 4.63. The van der Waals surface area contributed by atoms with Gasteiger partial charge in [-0.2, -0.15) is 0 Å². The number of carbonyl (C=O) groups excluding carboxylic acids is 1. The number of carbonyl (C=O) groups is 1. The number of imidazole rings is 1. The fourth-order valence-corrected chi connectivity index (χ4v) is 3.80. The van der Waals surface area contributed by atoms with Crippen molar-refractivity contribution < 1.29 is 9.21 Å². The molecule has 0 N–H and O–H groups in total. The first-order valence-corrected chi connectivity index (χ1v) is 9.27. The Hall–Kier alpha value is -2.21. The van der Waals surface area contributed by atoms with Crippen LogP contribution >= 0.6 is 11.8 Å². The number of nitrogens with zero attached hydrogens (tertiary/aromatic N) is 3. The first kappa shape index (κ1) is 15.3. The highest BCUT2D eigenvalue weighted by Gasteiger charge is 2.34. The molecule has 3 heterocycles. The molecule has 0 unspecified atom stereocenters. The molecule has 3 aromatic rings. The van der Waals surface area contributed by atoms with Crippen molar-refractivity contribution in [2.75, 3.05) is 12.8 Å². The van der Waals surface area contributed by atoms with Crippen molar-refractivity contribution in [1.29, 1.82) is 0 Å². The highest BCUT2D eigenvalue weighted by Crippen LogP contribution is 2.34. The summed E-state index contributed by atoms with van der Waals surface area (Å²) < 4.78 is 7.72. The minimum absolute atomic E-state index is 0.00210. The number of furan rings is 1. The monoisotopic (exact) mass is 341 g/mol. The summed E-state index contributed by atoms with van der Waals surface area (Å²) in [5, 5.41) is 0.761. The molecule has 4 rings (SSSR count). The van der Waals surface area contributed by atoms with E-state index in [1.807, 2.05) is 42.5 Å². The molecule has 1 aliphatic heterocycles. The number of aryl methyl sites for hydroxylation is 1. The number of likely N-dealkylation sites (tertiary alicyclic amines) is 1. The molecule has 0 spiro atoms. The van der Waals surface area contributed by atoms with Crippen LogP contribution in [-0.2, 0) is 7.05 Å². The third kappa shape index (κ3) is 2.41. The van der Waals surface area contributed by atoms with E-state index in [1.54, 1.807) is 6.07 Å². The number of amides is 1. The second-order valence-electron chi connectivity index (χ2n) is 6.00. The summed E-state index contributed by atoms with van der Waals surface area (Å²) in [5.41, 5.74) is 2.06. The van der Waals surface area contributed by atoms with E-state index in [0.717, 1.165) is 41.3 Å². The molecule has 6 heteroatoms. The molecule has 0 aliphatic carbocycles. The third-order valence-corrected chi connectivity index (χ3v) is 5.25. The van der Waals surface area contributed by atoms with Gasteiger partial charge in [-0.15, -0.1) is 0 Å². The van der Waals surface area contributed by atoms with Gasteiger partial charge >= 0.3 is 0 Å². The lowest BCUT2D eigenvalue weighted by Crippen LogP contribution is -2.31. The molecule has 24 heavy (non-hydrogen) atoms. The highest BCUT2D eigenvalue weighted by molar-refractivity contribution is 7.98. The van der Waals surface area contributed by atoms with Gasteiger partial charge in [0.1, 0.15) is 5.82 Å². The molecule has 1 saturated heterocycles. The number of rotatable bonds is 3. The fraction of sp³-hybridized carbons (Fsp3) is 0.333. The molecule has 1 aromatic carbocycles. The Kier molecular flexibility index (Phi) is 3.84. The van der Waals surface area contributed by atoms with E-state index in [4.69, 9.17) is 9.40 Å². The van der Waals surface area contributed by atoms with Crippen LogP contribution in [0.25, 0.3) is 11.0 Å². The van der Waals surface area contributed by atoms with Crippen molar-refractivity contribution in [1.82, 2.24) is 14.5 Å². The van der Waals surface area contributed by atoms with Crippen molar-refractivity contribution in [3.8, 4) is 0 Å². The van der Waals surface area contributed by atoms with E-state index in [9.17, 15) is 4.79 Å². The molecule has 1 fully saturated rings. The molecule has 124 valence electrons. The lowest BCUT2D eigenvalue weighted by molar-refractivity contribution is 0.0690. The van der Waals surface area contributed by atoms with Gasteiger partial charge < -0.3 is 13.9 Å². The highest BCUT2D eigenvalue weighted by atomic mass is 32.2. The van der Waals surface area contributed by atoms with Gasteiger partial charge in [-0.25, -0.2) is 4.98 Å². The van der Waals surface area contributed by atoms with Crippen molar-refractivity contribution in [3.63, 3.8) is 0 Å². The minimum atomic E-state index is -0.0511. The normalized spacial score (nSPS) is 17.8. The van der Waals surface area contributed by atoms with Crippen LogP contribution in [0.2, 0.25) is 0 Å². The topological polar surface area (TPSA) is 51.3 Å². The summed E-state index contributed by atoms with van der Waals surface area (Å²) >= 11 is 1.50. The predicted octanol–water partition coefficient (Wildman–Crippen LogP) is 3.87. The van der Waals surface area contributed by atoms with Gasteiger partial charge in [0.25, 0.3) is 5.91 Å². The van der Waals surface area contributed by atoms with E-state index in [-0.39, 0.29) is 11.9 Å². The Morgan fingerprint density at radius 1 is 1.29 bits per heavy atom. The fourth-order valence-electron chi connectivity index (χ4n) is 3.43. The maximum Gasteiger partial charge on any atom is 0.290 e. The quantitative estimate of drug-likeness (QED) is 0.679. The maximum absolute atomic E-state index is 12.9. The summed E-state index contributed by atoms with van der Waals surface area (Å²) in [6.45, 7) is 0.738. The van der Waals surface area contributed by atoms with Crippen molar-refractivity contribution in [2.45, 2.75) is 24.0 Å². The number of fused-ring (bicyclic) bond motifs is 1. The van der Waals surface area contributed by atoms with Crippen LogP contribution in [0.1, 0.15) is 35.3 Å². The van der Waals surface area contributed by atoms with E-state index in [1.165, 1.54) is 11.8 Å².